The van der Waals surface area contributed by atoms with Crippen molar-refractivity contribution in [1.29, 1.82) is 0 Å². The Balaban J connectivity index is 2.01. The van der Waals surface area contributed by atoms with E-state index in [1.165, 1.54) is 29.8 Å². The number of nitrogens with zero attached hydrogens (tertiary/aromatic N) is 1. The van der Waals surface area contributed by atoms with Gasteiger partial charge in [0, 0.05) is 26.2 Å². The average Bonchev–Trinajstić information content (AvgIpc) is 2.38. The van der Waals surface area contributed by atoms with E-state index in [-0.39, 0.29) is 0 Å². The third-order valence-corrected chi connectivity index (χ3v) is 3.45. The summed E-state index contributed by atoms with van der Waals surface area (Å²) in [5, 5.41) is 0. The molecule has 0 fully saturated rings. The minimum atomic E-state index is 1.15. The van der Waals surface area contributed by atoms with E-state index in [4.69, 9.17) is 0 Å². The van der Waals surface area contributed by atoms with Gasteiger partial charge in [-0.15, -0.1) is 0 Å². The summed E-state index contributed by atoms with van der Waals surface area (Å²) in [4.78, 5) is 3.72. The maximum absolute atomic E-state index is 2.35. The van der Waals surface area contributed by atoms with Gasteiger partial charge < -0.3 is 9.80 Å². The molecule has 96 valence electrons. The van der Waals surface area contributed by atoms with E-state index in [2.05, 4.69) is 68.5 Å². The Hall–Kier alpha value is -1.54. The number of benzene rings is 1. The lowest BCUT2D eigenvalue weighted by Gasteiger charge is -2.17. The number of likely N-dealkylation sites (N-methyl/N-ethyl adjacent to an activating group) is 1. The first kappa shape index (κ1) is 12.9. The van der Waals surface area contributed by atoms with Crippen molar-refractivity contribution in [2.24, 2.45) is 0 Å². The second kappa shape index (κ2) is 5.87. The van der Waals surface area contributed by atoms with Crippen molar-refractivity contribution in [3.63, 3.8) is 0 Å². The molecular weight excluding hydrogens is 220 g/mol. The summed E-state index contributed by atoms with van der Waals surface area (Å²) in [6.45, 7) is 2.40. The number of quaternary nitrogens is 1. The molecule has 1 heterocycles. The molecule has 0 saturated heterocycles. The normalized spacial score (nSPS) is 19.9. The molecule has 0 aliphatic carbocycles. The summed E-state index contributed by atoms with van der Waals surface area (Å²) in [5.41, 5.74) is 3.99. The molecule has 0 radical (unpaired) electrons. The first-order valence-corrected chi connectivity index (χ1v) is 6.61. The molecule has 1 aliphatic heterocycles. The Bertz CT molecular complexity index is 441. The maximum Gasteiger partial charge on any atom is 0.0961 e. The highest BCUT2D eigenvalue weighted by Gasteiger charge is 2.07. The number of nitrogens with one attached hydrogen (secondary N) is 1. The van der Waals surface area contributed by atoms with E-state index in [0.29, 0.717) is 0 Å². The Kier molecular flexibility index (Phi) is 4.21. The highest BCUT2D eigenvalue weighted by atomic mass is 15.1. The fourth-order valence-corrected chi connectivity index (χ4v) is 2.11. The predicted molar refractivity (Wildman–Crippen MR) is 79.1 cm³/mol. The van der Waals surface area contributed by atoms with Gasteiger partial charge in [0.25, 0.3) is 0 Å². The molecule has 0 amide bonds. The van der Waals surface area contributed by atoms with Gasteiger partial charge in [-0.3, -0.25) is 0 Å². The van der Waals surface area contributed by atoms with Crippen molar-refractivity contribution in [2.45, 2.75) is 6.42 Å². The number of anilines is 1. The molecule has 0 saturated carbocycles. The quantitative estimate of drug-likeness (QED) is 0.847. The molecular formula is C16H23N2+. The molecule has 2 nitrogen and oxygen atoms in total. The van der Waals surface area contributed by atoms with Crippen LogP contribution in [-0.2, 0) is 0 Å². The van der Waals surface area contributed by atoms with Crippen LogP contribution in [0.4, 0.5) is 5.69 Å². The van der Waals surface area contributed by atoms with Crippen LogP contribution >= 0.6 is 0 Å². The predicted octanol–water partition coefficient (Wildman–Crippen LogP) is 1.61. The highest BCUT2D eigenvalue weighted by molar-refractivity contribution is 5.57. The van der Waals surface area contributed by atoms with Crippen molar-refractivity contribution in [2.75, 3.05) is 39.1 Å². The monoisotopic (exact) mass is 243 g/mol. The minimum Gasteiger partial charge on any atom is -0.378 e. The topological polar surface area (TPSA) is 7.68 Å². The third-order valence-electron chi connectivity index (χ3n) is 3.45. The molecule has 1 aromatic rings. The van der Waals surface area contributed by atoms with Gasteiger partial charge in [0.05, 0.1) is 20.1 Å². The SMILES string of the molecule is CN(C)c1ccc(/C=C/C2=CC[NH+](C)CC2)cc1. The first-order chi connectivity index (χ1) is 8.65. The molecule has 0 aromatic heterocycles. The second-order valence-electron chi connectivity index (χ2n) is 5.26. The van der Waals surface area contributed by atoms with Crippen molar-refractivity contribution in [1.82, 2.24) is 0 Å². The van der Waals surface area contributed by atoms with Crippen LogP contribution in [0.2, 0.25) is 0 Å². The zero-order valence-corrected chi connectivity index (χ0v) is 11.6. The third kappa shape index (κ3) is 3.47. The summed E-state index contributed by atoms with van der Waals surface area (Å²) in [6.07, 6.45) is 8.02. The van der Waals surface area contributed by atoms with E-state index in [1.807, 2.05) is 0 Å². The van der Waals surface area contributed by atoms with Gasteiger partial charge in [0.2, 0.25) is 0 Å². The first-order valence-electron chi connectivity index (χ1n) is 6.61. The van der Waals surface area contributed by atoms with Crippen LogP contribution in [0.5, 0.6) is 0 Å². The van der Waals surface area contributed by atoms with Gasteiger partial charge in [-0.05, 0) is 29.3 Å². The van der Waals surface area contributed by atoms with E-state index < -0.39 is 0 Å². The zero-order chi connectivity index (χ0) is 13.0. The largest absolute Gasteiger partial charge is 0.378 e. The minimum absolute atomic E-state index is 1.15. The summed E-state index contributed by atoms with van der Waals surface area (Å²) >= 11 is 0. The van der Waals surface area contributed by atoms with Crippen LogP contribution in [0.3, 0.4) is 0 Å². The van der Waals surface area contributed by atoms with Crippen LogP contribution in [-0.4, -0.2) is 34.2 Å². The summed E-state index contributed by atoms with van der Waals surface area (Å²) < 4.78 is 0. The van der Waals surface area contributed by atoms with Crippen molar-refractivity contribution in [3.8, 4) is 0 Å². The molecule has 1 aliphatic rings. The lowest BCUT2D eigenvalue weighted by Crippen LogP contribution is -3.09. The zero-order valence-electron chi connectivity index (χ0n) is 11.6. The molecule has 2 rings (SSSR count). The lowest BCUT2D eigenvalue weighted by atomic mass is 10.1. The molecule has 2 heteroatoms. The highest BCUT2D eigenvalue weighted by Crippen LogP contribution is 2.14. The van der Waals surface area contributed by atoms with Crippen molar-refractivity contribution < 1.29 is 4.90 Å². The number of hydrogen-bond acceptors (Lipinski definition) is 1. The van der Waals surface area contributed by atoms with Crippen LogP contribution < -0.4 is 9.80 Å². The van der Waals surface area contributed by atoms with Crippen molar-refractivity contribution in [3.05, 3.63) is 47.6 Å². The van der Waals surface area contributed by atoms with Gasteiger partial charge in [-0.1, -0.05) is 24.3 Å². The van der Waals surface area contributed by atoms with Gasteiger partial charge >= 0.3 is 0 Å². The van der Waals surface area contributed by atoms with Gasteiger partial charge in [-0.2, -0.15) is 0 Å². The average molecular weight is 243 g/mol. The fraction of sp³-hybridized carbons (Fsp3) is 0.375. The van der Waals surface area contributed by atoms with E-state index in [1.54, 1.807) is 4.90 Å². The van der Waals surface area contributed by atoms with Gasteiger partial charge in [0.1, 0.15) is 0 Å². The van der Waals surface area contributed by atoms with Crippen LogP contribution in [0, 0.1) is 0 Å². The Morgan fingerprint density at radius 3 is 2.39 bits per heavy atom. The van der Waals surface area contributed by atoms with Gasteiger partial charge in [0.15, 0.2) is 0 Å². The fourth-order valence-electron chi connectivity index (χ4n) is 2.11. The van der Waals surface area contributed by atoms with Crippen LogP contribution in [0.15, 0.2) is 42.0 Å². The molecule has 0 bridgehead atoms. The molecule has 18 heavy (non-hydrogen) atoms. The molecule has 1 aromatic carbocycles. The van der Waals surface area contributed by atoms with Gasteiger partial charge in [-0.25, -0.2) is 0 Å². The molecule has 1 atom stereocenters. The molecule has 0 spiro atoms. The van der Waals surface area contributed by atoms with Crippen LogP contribution in [0.25, 0.3) is 6.08 Å². The van der Waals surface area contributed by atoms with E-state index in [9.17, 15) is 0 Å². The number of hydrogen-bond donors (Lipinski definition) is 1. The Morgan fingerprint density at radius 1 is 1.11 bits per heavy atom. The van der Waals surface area contributed by atoms with Crippen molar-refractivity contribution >= 4 is 11.8 Å². The second-order valence-corrected chi connectivity index (χ2v) is 5.26. The summed E-state index contributed by atoms with van der Waals surface area (Å²) in [5.74, 6) is 0. The Morgan fingerprint density at radius 2 is 1.83 bits per heavy atom. The van der Waals surface area contributed by atoms with E-state index >= 15 is 0 Å². The lowest BCUT2D eigenvalue weighted by molar-refractivity contribution is -0.874. The maximum atomic E-state index is 2.35. The smallest absolute Gasteiger partial charge is 0.0961 e. The molecule has 1 N–H and O–H groups in total. The Labute approximate surface area is 110 Å². The molecule has 1 unspecified atom stereocenters. The number of rotatable bonds is 3. The van der Waals surface area contributed by atoms with Crippen LogP contribution in [0.1, 0.15) is 12.0 Å². The summed E-state index contributed by atoms with van der Waals surface area (Å²) in [6, 6.07) is 8.67. The summed E-state index contributed by atoms with van der Waals surface area (Å²) in [7, 11) is 6.38. The number of allylic oxidation sites excluding steroid dienone is 1. The standard InChI is InChI=1S/C16H22N2/c1-17(2)16-8-6-14(7-9-16)4-5-15-10-12-18(3)13-11-15/h4-10H,11-13H2,1-3H3/p+1/b5-4+. The van der Waals surface area contributed by atoms with E-state index in [0.717, 1.165) is 6.54 Å².